The average Bonchev–Trinajstić information content (AvgIpc) is 3.69. The Bertz CT molecular complexity index is 1270. The molecular weight excluding hydrogens is 540 g/mol. The third-order valence-electron chi connectivity index (χ3n) is 5.93. The van der Waals surface area contributed by atoms with Gasteiger partial charge < -0.3 is 16.2 Å². The molecule has 2 atom stereocenters. The summed E-state index contributed by atoms with van der Waals surface area (Å²) < 4.78 is 59.1. The van der Waals surface area contributed by atoms with Gasteiger partial charge in [0.05, 0.1) is 15.9 Å². The number of hydrogen-bond acceptors (Lipinski definition) is 7. The third kappa shape index (κ3) is 13.3. The molecule has 1 saturated carbocycles. The normalized spacial score (nSPS) is 14.7. The van der Waals surface area contributed by atoms with E-state index in [9.17, 15) is 21.9 Å². The van der Waals surface area contributed by atoms with Gasteiger partial charge in [-0.25, -0.2) is 0 Å². The highest BCUT2D eigenvalue weighted by atomic mass is 32.2. The molecule has 1 aliphatic rings. The summed E-state index contributed by atoms with van der Waals surface area (Å²) in [5.41, 5.74) is 9.09. The van der Waals surface area contributed by atoms with Crippen LogP contribution in [0.15, 0.2) is 88.7 Å². The standard InChI is InChI=1S/C14H22N2O.2C7H8O3S/c15-13(8-11-4-2-1-3-5-11)14(17)10-16-9-12-6-7-12;2*1-6-2-4-7(5-3-6)11(8,9)10/h1-5,12-14,16-17H,6-10,15H2;2*2-5H,1H3,(H,8,9,10)/t13-,14+;;/m0../s1. The molecule has 214 valence electrons. The van der Waals surface area contributed by atoms with E-state index >= 15 is 0 Å². The zero-order valence-corrected chi connectivity index (χ0v) is 23.8. The topological polar surface area (TPSA) is 167 Å². The molecule has 9 nitrogen and oxygen atoms in total. The Kier molecular flexibility index (Phi) is 12.7. The van der Waals surface area contributed by atoms with Crippen LogP contribution in [0.5, 0.6) is 0 Å². The predicted octanol–water partition coefficient (Wildman–Crippen LogP) is 3.40. The van der Waals surface area contributed by atoms with E-state index in [0.29, 0.717) is 6.54 Å². The molecule has 4 rings (SSSR count). The number of aliphatic hydroxyl groups excluding tert-OH is 1. The smallest absolute Gasteiger partial charge is 0.294 e. The zero-order valence-electron chi connectivity index (χ0n) is 22.1. The van der Waals surface area contributed by atoms with Gasteiger partial charge in [-0.1, -0.05) is 65.7 Å². The molecule has 0 radical (unpaired) electrons. The van der Waals surface area contributed by atoms with Crippen LogP contribution in [0.4, 0.5) is 0 Å². The molecule has 0 unspecified atom stereocenters. The number of nitrogens with one attached hydrogen (secondary N) is 1. The van der Waals surface area contributed by atoms with Crippen molar-refractivity contribution in [3.63, 3.8) is 0 Å². The van der Waals surface area contributed by atoms with Gasteiger partial charge in [0, 0.05) is 12.6 Å². The Morgan fingerprint density at radius 1 is 0.795 bits per heavy atom. The number of nitrogens with two attached hydrogens (primary N) is 1. The first-order valence-corrected chi connectivity index (χ1v) is 15.4. The summed E-state index contributed by atoms with van der Waals surface area (Å²) in [6.45, 7) is 5.31. The second-order valence-corrected chi connectivity index (χ2v) is 12.4. The van der Waals surface area contributed by atoms with Crippen molar-refractivity contribution >= 4 is 20.2 Å². The number of hydrogen-bond donors (Lipinski definition) is 5. The average molecular weight is 579 g/mol. The van der Waals surface area contributed by atoms with Crippen LogP contribution in [0.25, 0.3) is 0 Å². The minimum Gasteiger partial charge on any atom is -0.390 e. The van der Waals surface area contributed by atoms with Crippen molar-refractivity contribution < 1.29 is 31.0 Å². The van der Waals surface area contributed by atoms with Gasteiger partial charge in [-0.3, -0.25) is 9.11 Å². The minimum absolute atomic E-state index is 0.0666. The molecule has 1 aliphatic carbocycles. The number of aliphatic hydroxyl groups is 1. The maximum Gasteiger partial charge on any atom is 0.294 e. The lowest BCUT2D eigenvalue weighted by Gasteiger charge is -2.19. The predicted molar refractivity (Wildman–Crippen MR) is 152 cm³/mol. The molecule has 39 heavy (non-hydrogen) atoms. The molecular formula is C28H38N2O7S2. The van der Waals surface area contributed by atoms with Crippen molar-refractivity contribution in [2.45, 2.75) is 55.0 Å². The van der Waals surface area contributed by atoms with Crippen molar-refractivity contribution in [1.82, 2.24) is 5.32 Å². The zero-order chi connectivity index (χ0) is 29.1. The molecule has 0 bridgehead atoms. The van der Waals surface area contributed by atoms with E-state index in [2.05, 4.69) is 5.32 Å². The Labute approximate surface area is 231 Å². The van der Waals surface area contributed by atoms with Crippen molar-refractivity contribution in [3.05, 3.63) is 95.6 Å². The van der Waals surface area contributed by atoms with Gasteiger partial charge in [-0.15, -0.1) is 0 Å². The molecule has 6 N–H and O–H groups in total. The van der Waals surface area contributed by atoms with Gasteiger partial charge >= 0.3 is 0 Å². The van der Waals surface area contributed by atoms with Crippen molar-refractivity contribution in [1.29, 1.82) is 0 Å². The largest absolute Gasteiger partial charge is 0.390 e. The highest BCUT2D eigenvalue weighted by Crippen LogP contribution is 2.27. The molecule has 3 aromatic rings. The van der Waals surface area contributed by atoms with Gasteiger partial charge in [0.25, 0.3) is 20.2 Å². The highest BCUT2D eigenvalue weighted by Gasteiger charge is 2.21. The van der Waals surface area contributed by atoms with Crippen LogP contribution in [0.3, 0.4) is 0 Å². The van der Waals surface area contributed by atoms with Crippen LogP contribution in [0.1, 0.15) is 29.5 Å². The van der Waals surface area contributed by atoms with Gasteiger partial charge in [-0.05, 0) is 75.4 Å². The molecule has 3 aromatic carbocycles. The summed E-state index contributed by atoms with van der Waals surface area (Å²) in [4.78, 5) is -0.133. The summed E-state index contributed by atoms with van der Waals surface area (Å²) in [6, 6.07) is 21.9. The summed E-state index contributed by atoms with van der Waals surface area (Å²) in [5, 5.41) is 13.2. The maximum atomic E-state index is 10.5. The molecule has 0 aliphatic heterocycles. The molecule has 0 spiro atoms. The van der Waals surface area contributed by atoms with E-state index < -0.39 is 26.3 Å². The lowest BCUT2D eigenvalue weighted by molar-refractivity contribution is 0.141. The number of aryl methyl sites for hydroxylation is 2. The van der Waals surface area contributed by atoms with Crippen LogP contribution < -0.4 is 11.1 Å². The van der Waals surface area contributed by atoms with E-state index in [-0.39, 0.29) is 15.8 Å². The molecule has 0 aromatic heterocycles. The van der Waals surface area contributed by atoms with Crippen LogP contribution in [0, 0.1) is 19.8 Å². The summed E-state index contributed by atoms with van der Waals surface area (Å²) in [5.74, 6) is 0.840. The van der Waals surface area contributed by atoms with Gasteiger partial charge in [0.2, 0.25) is 0 Å². The second kappa shape index (κ2) is 15.2. The van der Waals surface area contributed by atoms with E-state index in [0.717, 1.165) is 30.0 Å². The SMILES string of the molecule is Cc1ccc(S(=O)(=O)O)cc1.Cc1ccc(S(=O)(=O)O)cc1.N[C@@H](Cc1ccccc1)[C@H](O)CNCC1CC1. The first-order chi connectivity index (χ1) is 18.3. The van der Waals surface area contributed by atoms with Crippen LogP contribution >= 0.6 is 0 Å². The Balaban J connectivity index is 0.000000214. The minimum atomic E-state index is -4.02. The van der Waals surface area contributed by atoms with E-state index in [1.165, 1.54) is 42.7 Å². The Morgan fingerprint density at radius 3 is 1.62 bits per heavy atom. The lowest BCUT2D eigenvalue weighted by Crippen LogP contribution is -2.43. The lowest BCUT2D eigenvalue weighted by atomic mass is 10.0. The van der Waals surface area contributed by atoms with Gasteiger partial charge in [0.1, 0.15) is 0 Å². The van der Waals surface area contributed by atoms with Crippen LogP contribution in [0.2, 0.25) is 0 Å². The Morgan fingerprint density at radius 2 is 1.23 bits per heavy atom. The maximum absolute atomic E-state index is 10.5. The molecule has 1 fully saturated rings. The fourth-order valence-corrected chi connectivity index (χ4v) is 4.31. The van der Waals surface area contributed by atoms with E-state index in [1.54, 1.807) is 24.3 Å². The number of rotatable bonds is 9. The summed E-state index contributed by atoms with van der Waals surface area (Å²) in [6.07, 6.45) is 2.93. The number of benzene rings is 3. The summed E-state index contributed by atoms with van der Waals surface area (Å²) in [7, 11) is -8.04. The molecule has 11 heteroatoms. The fourth-order valence-electron chi connectivity index (χ4n) is 3.35. The first-order valence-electron chi connectivity index (χ1n) is 12.5. The van der Waals surface area contributed by atoms with E-state index in [4.69, 9.17) is 14.8 Å². The van der Waals surface area contributed by atoms with Crippen LogP contribution in [-0.4, -0.2) is 56.3 Å². The fraction of sp³-hybridized carbons (Fsp3) is 0.357. The van der Waals surface area contributed by atoms with Crippen molar-refractivity contribution in [2.75, 3.05) is 13.1 Å². The van der Waals surface area contributed by atoms with Crippen molar-refractivity contribution in [2.24, 2.45) is 11.7 Å². The summed E-state index contributed by atoms with van der Waals surface area (Å²) >= 11 is 0. The second-order valence-electron chi connectivity index (χ2n) is 9.60. The van der Waals surface area contributed by atoms with Gasteiger partial charge in [-0.2, -0.15) is 16.8 Å². The molecule has 0 heterocycles. The quantitative estimate of drug-likeness (QED) is 0.239. The van der Waals surface area contributed by atoms with Gasteiger partial charge in [0.15, 0.2) is 0 Å². The monoisotopic (exact) mass is 578 g/mol. The Hall–Kier alpha value is -2.64. The first kappa shape index (κ1) is 32.6. The third-order valence-corrected chi connectivity index (χ3v) is 7.67. The van der Waals surface area contributed by atoms with E-state index in [1.807, 2.05) is 44.2 Å². The van der Waals surface area contributed by atoms with Crippen molar-refractivity contribution in [3.8, 4) is 0 Å². The molecule has 0 amide bonds. The molecule has 0 saturated heterocycles. The highest BCUT2D eigenvalue weighted by molar-refractivity contribution is 7.86. The van der Waals surface area contributed by atoms with Crippen LogP contribution in [-0.2, 0) is 26.7 Å².